The number of carbonyl (C=O) groups excluding carboxylic acids is 1. The lowest BCUT2D eigenvalue weighted by molar-refractivity contribution is -0.131. The first-order valence-corrected chi connectivity index (χ1v) is 3.99. The predicted molar refractivity (Wildman–Crippen MR) is 51.1 cm³/mol. The van der Waals surface area contributed by atoms with Gasteiger partial charge >= 0.3 is 5.97 Å². The molecular weight excluding hydrogens is 170 g/mol. The summed E-state index contributed by atoms with van der Waals surface area (Å²) in [7, 11) is 0. The third-order valence-corrected chi connectivity index (χ3v) is 0.770. The summed E-state index contributed by atoms with van der Waals surface area (Å²) in [6.07, 6.45) is 4.78. The zero-order valence-corrected chi connectivity index (χ0v) is 8.07. The Morgan fingerprint density at radius 1 is 1.23 bits per heavy atom. The number of carboxylic acids is 1. The van der Waals surface area contributed by atoms with Crippen molar-refractivity contribution >= 4 is 11.9 Å². The average Bonchev–Trinajstić information content (AvgIpc) is 2.14. The van der Waals surface area contributed by atoms with Gasteiger partial charge in [0.25, 0.3) is 0 Å². The third kappa shape index (κ3) is 13.4. The van der Waals surface area contributed by atoms with Gasteiger partial charge in [-0.25, -0.2) is 4.79 Å². The quantitative estimate of drug-likeness (QED) is 0.651. The van der Waals surface area contributed by atoms with Crippen LogP contribution in [0.3, 0.4) is 0 Å². The summed E-state index contributed by atoms with van der Waals surface area (Å²) in [4.78, 5) is 20.5. The van der Waals surface area contributed by atoms with Crippen LogP contribution in [-0.2, 0) is 9.59 Å². The molecule has 0 aromatic carbocycles. The highest BCUT2D eigenvalue weighted by Gasteiger charge is 1.91. The maximum Gasteiger partial charge on any atom is 0.328 e. The number of nitrogens with one attached hydrogen (secondary N) is 1. The number of rotatable bonds is 3. The van der Waals surface area contributed by atoms with E-state index in [2.05, 4.69) is 5.32 Å². The van der Waals surface area contributed by atoms with Crippen molar-refractivity contribution in [2.75, 3.05) is 0 Å². The maximum atomic E-state index is 10.6. The molecule has 0 saturated heterocycles. The molecule has 0 spiro atoms. The van der Waals surface area contributed by atoms with E-state index in [1.807, 2.05) is 13.8 Å². The topological polar surface area (TPSA) is 66.4 Å². The minimum absolute atomic E-state index is 0.453. The Balaban J connectivity index is 0. The molecule has 1 amide bonds. The third-order valence-electron chi connectivity index (χ3n) is 0.770. The first kappa shape index (κ1) is 14.0. The number of allylic oxidation sites excluding steroid dienone is 1. The van der Waals surface area contributed by atoms with Crippen LogP contribution in [0.4, 0.5) is 0 Å². The molecule has 0 aromatic rings. The Labute approximate surface area is 78.0 Å². The van der Waals surface area contributed by atoms with E-state index in [1.165, 1.54) is 6.20 Å². The van der Waals surface area contributed by atoms with Crippen molar-refractivity contribution in [3.05, 3.63) is 24.4 Å². The van der Waals surface area contributed by atoms with E-state index in [1.54, 1.807) is 13.0 Å². The van der Waals surface area contributed by atoms with Crippen molar-refractivity contribution in [2.45, 2.75) is 20.8 Å². The van der Waals surface area contributed by atoms with Crippen LogP contribution in [0.5, 0.6) is 0 Å². The highest BCUT2D eigenvalue weighted by Crippen LogP contribution is 1.74. The first-order chi connectivity index (χ1) is 6.16. The van der Waals surface area contributed by atoms with Gasteiger partial charge in [-0.1, -0.05) is 19.9 Å². The molecule has 0 heterocycles. The van der Waals surface area contributed by atoms with Gasteiger partial charge in [0.05, 0.1) is 0 Å². The number of aliphatic carboxylic acids is 1. The van der Waals surface area contributed by atoms with Gasteiger partial charge in [-0.05, 0) is 13.1 Å². The molecule has 13 heavy (non-hydrogen) atoms. The van der Waals surface area contributed by atoms with Crippen molar-refractivity contribution in [1.29, 1.82) is 0 Å². The summed E-state index contributed by atoms with van der Waals surface area (Å²) in [5, 5.41) is 10.4. The van der Waals surface area contributed by atoms with Crippen molar-refractivity contribution in [3.63, 3.8) is 0 Å². The second-order valence-electron chi connectivity index (χ2n) is 1.68. The van der Waals surface area contributed by atoms with E-state index in [4.69, 9.17) is 5.11 Å². The van der Waals surface area contributed by atoms with Crippen molar-refractivity contribution < 1.29 is 14.7 Å². The molecule has 0 atom stereocenters. The summed E-state index contributed by atoms with van der Waals surface area (Å²) < 4.78 is 0. The second-order valence-corrected chi connectivity index (χ2v) is 1.68. The van der Waals surface area contributed by atoms with Gasteiger partial charge < -0.3 is 10.4 Å². The molecule has 0 aromatic heterocycles. The van der Waals surface area contributed by atoms with Gasteiger partial charge in [0.1, 0.15) is 0 Å². The van der Waals surface area contributed by atoms with Crippen LogP contribution >= 0.6 is 0 Å². The first-order valence-electron chi connectivity index (χ1n) is 3.99. The fraction of sp³-hybridized carbons (Fsp3) is 0.333. The predicted octanol–water partition coefficient (Wildman–Crippen LogP) is 1.30. The summed E-state index contributed by atoms with van der Waals surface area (Å²) in [6.45, 7) is 5.74. The summed E-state index contributed by atoms with van der Waals surface area (Å²) in [6, 6.07) is 0. The normalized spacial score (nSPS) is 9.46. The van der Waals surface area contributed by atoms with Crippen molar-refractivity contribution in [2.24, 2.45) is 0 Å². The minimum Gasteiger partial charge on any atom is -0.478 e. The molecule has 74 valence electrons. The van der Waals surface area contributed by atoms with E-state index in [0.29, 0.717) is 0 Å². The highest BCUT2D eigenvalue weighted by molar-refractivity contribution is 5.94. The van der Waals surface area contributed by atoms with E-state index in [-0.39, 0.29) is 0 Å². The Kier molecular flexibility index (Phi) is 11.2. The van der Waals surface area contributed by atoms with Crippen LogP contribution in [0.25, 0.3) is 0 Å². The van der Waals surface area contributed by atoms with Crippen LogP contribution in [0.1, 0.15) is 20.8 Å². The Bertz CT molecular complexity index is 207. The minimum atomic E-state index is -1.14. The van der Waals surface area contributed by atoms with E-state index in [0.717, 1.165) is 12.2 Å². The van der Waals surface area contributed by atoms with Gasteiger partial charge in [-0.2, -0.15) is 0 Å². The van der Waals surface area contributed by atoms with Crippen molar-refractivity contribution in [3.8, 4) is 0 Å². The van der Waals surface area contributed by atoms with Crippen LogP contribution in [-0.4, -0.2) is 17.0 Å². The molecule has 0 aliphatic carbocycles. The average molecular weight is 185 g/mol. The zero-order valence-electron chi connectivity index (χ0n) is 8.07. The fourth-order valence-electron chi connectivity index (χ4n) is 0.361. The summed E-state index contributed by atoms with van der Waals surface area (Å²) >= 11 is 0. The SMILES string of the molecule is C/C=C/NC(=O)/C=C/C(=O)O.CC. The molecule has 0 rings (SSSR count). The fourth-order valence-corrected chi connectivity index (χ4v) is 0.361. The molecule has 0 bridgehead atoms. The molecule has 2 N–H and O–H groups in total. The van der Waals surface area contributed by atoms with Gasteiger partial charge in [-0.3, -0.25) is 4.79 Å². The molecule has 0 unspecified atom stereocenters. The smallest absolute Gasteiger partial charge is 0.328 e. The van der Waals surface area contributed by atoms with Gasteiger partial charge in [0, 0.05) is 12.2 Å². The molecule has 0 saturated carbocycles. The van der Waals surface area contributed by atoms with Gasteiger partial charge in [0.15, 0.2) is 0 Å². The number of hydrogen-bond acceptors (Lipinski definition) is 2. The Hall–Kier alpha value is -1.58. The lowest BCUT2D eigenvalue weighted by Crippen LogP contribution is -2.13. The summed E-state index contributed by atoms with van der Waals surface area (Å²) in [5.74, 6) is -1.59. The van der Waals surface area contributed by atoms with E-state index < -0.39 is 11.9 Å². The second kappa shape index (κ2) is 10.4. The van der Waals surface area contributed by atoms with Crippen LogP contribution < -0.4 is 5.32 Å². The number of amides is 1. The molecular formula is C9H15NO3. The standard InChI is InChI=1S/C7H9NO3.C2H6/c1-2-5-8-6(9)3-4-7(10)11;1-2/h2-5H,1H3,(H,8,9)(H,10,11);1-2H3/b4-3+,5-2+;. The lowest BCUT2D eigenvalue weighted by Gasteiger charge is -1.89. The molecule has 0 aliphatic heterocycles. The van der Waals surface area contributed by atoms with Gasteiger partial charge in [0.2, 0.25) is 5.91 Å². The van der Waals surface area contributed by atoms with E-state index in [9.17, 15) is 9.59 Å². The monoisotopic (exact) mass is 185 g/mol. The molecule has 0 aliphatic rings. The number of hydrogen-bond donors (Lipinski definition) is 2. The zero-order chi connectivity index (χ0) is 10.7. The van der Waals surface area contributed by atoms with Crippen molar-refractivity contribution in [1.82, 2.24) is 5.32 Å². The van der Waals surface area contributed by atoms with Crippen LogP contribution in [0, 0.1) is 0 Å². The van der Waals surface area contributed by atoms with E-state index >= 15 is 0 Å². The Morgan fingerprint density at radius 2 is 1.77 bits per heavy atom. The Morgan fingerprint density at radius 3 is 2.15 bits per heavy atom. The maximum absolute atomic E-state index is 10.6. The van der Waals surface area contributed by atoms with Crippen LogP contribution in [0.15, 0.2) is 24.4 Å². The molecule has 0 radical (unpaired) electrons. The molecule has 4 heteroatoms. The van der Waals surface area contributed by atoms with Gasteiger partial charge in [-0.15, -0.1) is 0 Å². The van der Waals surface area contributed by atoms with Crippen LogP contribution in [0.2, 0.25) is 0 Å². The lowest BCUT2D eigenvalue weighted by atomic mass is 10.5. The number of carboxylic acid groups (broad SMARTS) is 1. The molecule has 4 nitrogen and oxygen atoms in total. The summed E-state index contributed by atoms with van der Waals surface area (Å²) in [5.41, 5.74) is 0. The largest absolute Gasteiger partial charge is 0.478 e. The highest BCUT2D eigenvalue weighted by atomic mass is 16.4. The molecule has 0 fully saturated rings. The number of carbonyl (C=O) groups is 2.